The van der Waals surface area contributed by atoms with Crippen molar-refractivity contribution in [3.05, 3.63) is 83.8 Å². The predicted octanol–water partition coefficient (Wildman–Crippen LogP) is 5.14. The van der Waals surface area contributed by atoms with E-state index in [1.165, 1.54) is 24.3 Å². The summed E-state index contributed by atoms with van der Waals surface area (Å²) in [5, 5.41) is 9.82. The van der Waals surface area contributed by atoms with E-state index in [1.54, 1.807) is 30.5 Å². The summed E-state index contributed by atoms with van der Waals surface area (Å²) in [5.74, 6) is -0.235. The van der Waals surface area contributed by atoms with Crippen LogP contribution in [0.2, 0.25) is 0 Å². The van der Waals surface area contributed by atoms with Crippen molar-refractivity contribution in [2.75, 3.05) is 0 Å². The molecule has 4 aromatic rings. The second-order valence-electron chi connectivity index (χ2n) is 7.70. The first-order valence-corrected chi connectivity index (χ1v) is 10.3. The topological polar surface area (TPSA) is 63.3 Å². The Balaban J connectivity index is 1.92. The molecular weight excluding hydrogens is 410 g/mol. The number of benzene rings is 2. The Bertz CT molecular complexity index is 1360. The second-order valence-corrected chi connectivity index (χ2v) is 7.70. The molecule has 2 aromatic heterocycles. The van der Waals surface area contributed by atoms with E-state index in [1.807, 2.05) is 23.9 Å². The van der Waals surface area contributed by atoms with E-state index < -0.39 is 0 Å². The molecule has 0 saturated heterocycles. The van der Waals surface area contributed by atoms with Crippen LogP contribution in [0.1, 0.15) is 23.7 Å². The van der Waals surface area contributed by atoms with Crippen molar-refractivity contribution < 1.29 is 13.9 Å². The zero-order valence-electron chi connectivity index (χ0n) is 17.3. The summed E-state index contributed by atoms with van der Waals surface area (Å²) in [7, 11) is 1.83. The van der Waals surface area contributed by atoms with Gasteiger partial charge >= 0.3 is 0 Å². The van der Waals surface area contributed by atoms with Gasteiger partial charge in [0.15, 0.2) is 5.65 Å². The lowest BCUT2D eigenvalue weighted by Crippen LogP contribution is -2.08. The average Bonchev–Trinajstić information content (AvgIpc) is 3.15. The number of hydrogen-bond acceptors (Lipinski definition) is 4. The van der Waals surface area contributed by atoms with Gasteiger partial charge in [0.1, 0.15) is 24.1 Å². The van der Waals surface area contributed by atoms with Crippen molar-refractivity contribution in [2.24, 2.45) is 12.0 Å². The first-order chi connectivity index (χ1) is 15.6. The van der Waals surface area contributed by atoms with Gasteiger partial charge < -0.3 is 9.67 Å². The van der Waals surface area contributed by atoms with Gasteiger partial charge in [-0.3, -0.25) is 4.99 Å². The van der Waals surface area contributed by atoms with Crippen LogP contribution in [0.4, 0.5) is 8.78 Å². The zero-order chi connectivity index (χ0) is 22.2. The fourth-order valence-electron chi connectivity index (χ4n) is 4.22. The number of allylic oxidation sites excluding steroid dienone is 1. The molecule has 0 saturated carbocycles. The van der Waals surface area contributed by atoms with E-state index in [0.717, 1.165) is 27.8 Å². The molecular formula is C25H20F2N4O. The summed E-state index contributed by atoms with van der Waals surface area (Å²) in [6.45, 7) is -0.243. The fourth-order valence-corrected chi connectivity index (χ4v) is 4.22. The fraction of sp³-hybridized carbons (Fsp3) is 0.160. The van der Waals surface area contributed by atoms with Crippen LogP contribution in [0.15, 0.2) is 65.8 Å². The van der Waals surface area contributed by atoms with Crippen LogP contribution < -0.4 is 0 Å². The molecule has 1 aliphatic rings. The van der Waals surface area contributed by atoms with Crippen LogP contribution in [-0.4, -0.2) is 25.9 Å². The minimum Gasteiger partial charge on any atom is -0.388 e. The van der Waals surface area contributed by atoms with Crippen LogP contribution in [0.3, 0.4) is 0 Å². The number of aliphatic imine (C=N–C) groups is 1. The Kier molecular flexibility index (Phi) is 5.11. The third-order valence-corrected chi connectivity index (χ3v) is 5.78. The molecule has 1 atom stereocenters. The summed E-state index contributed by atoms with van der Waals surface area (Å²) >= 11 is 0. The van der Waals surface area contributed by atoms with Gasteiger partial charge in [-0.15, -0.1) is 0 Å². The standard InChI is InChI=1S/C25H20F2N4O/c1-31-20(14-32)29-25-24(31)22(15-2-6-18(26)7-3-15)21(16-10-12-28-13-11-16)23(30-25)17-4-8-19(27)9-5-17/h2-10,12-13,16,32H,11,14H2,1H3. The average molecular weight is 430 g/mol. The molecule has 0 fully saturated rings. The number of halogens is 2. The maximum absolute atomic E-state index is 13.8. The first-order valence-electron chi connectivity index (χ1n) is 10.3. The van der Waals surface area contributed by atoms with Crippen molar-refractivity contribution in [3.63, 3.8) is 0 Å². The Hall–Kier alpha value is -3.71. The number of nitrogens with zero attached hydrogens (tertiary/aromatic N) is 4. The summed E-state index contributed by atoms with van der Waals surface area (Å²) in [6.07, 6.45) is 6.27. The van der Waals surface area contributed by atoms with Gasteiger partial charge in [-0.05, 0) is 53.9 Å². The van der Waals surface area contributed by atoms with Crippen LogP contribution in [0, 0.1) is 11.6 Å². The maximum Gasteiger partial charge on any atom is 0.179 e. The number of aromatic nitrogens is 3. The van der Waals surface area contributed by atoms with Gasteiger partial charge in [-0.25, -0.2) is 18.7 Å². The zero-order valence-corrected chi connectivity index (χ0v) is 17.3. The molecule has 1 aliphatic heterocycles. The van der Waals surface area contributed by atoms with E-state index in [0.29, 0.717) is 23.6 Å². The summed E-state index contributed by atoms with van der Waals surface area (Å²) < 4.78 is 29.3. The quantitative estimate of drug-likeness (QED) is 0.487. The summed E-state index contributed by atoms with van der Waals surface area (Å²) in [4.78, 5) is 13.6. The van der Waals surface area contributed by atoms with Crippen molar-refractivity contribution in [1.29, 1.82) is 0 Å². The lowest BCUT2D eigenvalue weighted by atomic mass is 9.84. The lowest BCUT2D eigenvalue weighted by Gasteiger charge is -2.22. The van der Waals surface area contributed by atoms with Gasteiger partial charge in [-0.2, -0.15) is 0 Å². The van der Waals surface area contributed by atoms with Crippen molar-refractivity contribution >= 4 is 17.4 Å². The summed E-state index contributed by atoms with van der Waals surface area (Å²) in [6, 6.07) is 12.5. The van der Waals surface area contributed by atoms with Crippen molar-refractivity contribution in [1.82, 2.24) is 14.5 Å². The van der Waals surface area contributed by atoms with E-state index in [4.69, 9.17) is 4.98 Å². The van der Waals surface area contributed by atoms with Gasteiger partial charge in [0.05, 0.1) is 11.2 Å². The Labute approximate surface area is 183 Å². The van der Waals surface area contributed by atoms with E-state index in [-0.39, 0.29) is 24.2 Å². The minimum atomic E-state index is -0.333. The third-order valence-electron chi connectivity index (χ3n) is 5.78. The van der Waals surface area contributed by atoms with Gasteiger partial charge in [-0.1, -0.05) is 18.2 Å². The first kappa shape index (κ1) is 20.2. The van der Waals surface area contributed by atoms with Crippen LogP contribution in [-0.2, 0) is 13.7 Å². The molecule has 5 rings (SSSR count). The number of pyridine rings is 1. The molecule has 7 heteroatoms. The van der Waals surface area contributed by atoms with E-state index in [9.17, 15) is 13.9 Å². The highest BCUT2D eigenvalue weighted by Gasteiger charge is 2.26. The third kappa shape index (κ3) is 3.40. The van der Waals surface area contributed by atoms with Crippen LogP contribution in [0.25, 0.3) is 33.5 Å². The molecule has 2 aromatic carbocycles. The van der Waals surface area contributed by atoms with E-state index in [2.05, 4.69) is 9.98 Å². The molecule has 3 heterocycles. The summed E-state index contributed by atoms with van der Waals surface area (Å²) in [5.41, 5.74) is 5.22. The van der Waals surface area contributed by atoms with Crippen LogP contribution in [0.5, 0.6) is 0 Å². The molecule has 5 nitrogen and oxygen atoms in total. The highest BCUT2D eigenvalue weighted by Crippen LogP contribution is 2.43. The molecule has 32 heavy (non-hydrogen) atoms. The number of fused-ring (bicyclic) bond motifs is 1. The molecule has 0 amide bonds. The Morgan fingerprint density at radius 3 is 2.22 bits per heavy atom. The van der Waals surface area contributed by atoms with Gasteiger partial charge in [0.2, 0.25) is 0 Å². The smallest absolute Gasteiger partial charge is 0.179 e. The number of aryl methyl sites for hydroxylation is 1. The molecule has 1 unspecified atom stereocenters. The molecule has 0 aliphatic carbocycles. The highest BCUT2D eigenvalue weighted by atomic mass is 19.1. The molecule has 160 valence electrons. The number of hydrogen-bond donors (Lipinski definition) is 1. The van der Waals surface area contributed by atoms with Crippen LogP contribution >= 0.6 is 0 Å². The largest absolute Gasteiger partial charge is 0.388 e. The second kappa shape index (κ2) is 8.09. The van der Waals surface area contributed by atoms with Crippen molar-refractivity contribution in [2.45, 2.75) is 18.9 Å². The van der Waals surface area contributed by atoms with Crippen molar-refractivity contribution in [3.8, 4) is 22.4 Å². The molecule has 0 radical (unpaired) electrons. The SMILES string of the molecule is Cn1c(CO)nc2nc(-c3ccc(F)cc3)c(C3C=CN=CC3)c(-c3ccc(F)cc3)c21. The van der Waals surface area contributed by atoms with E-state index >= 15 is 0 Å². The van der Waals surface area contributed by atoms with Gasteiger partial charge in [0.25, 0.3) is 0 Å². The minimum absolute atomic E-state index is 0.0445. The predicted molar refractivity (Wildman–Crippen MR) is 120 cm³/mol. The number of aliphatic hydroxyl groups is 1. The van der Waals surface area contributed by atoms with Gasteiger partial charge in [0, 0.05) is 36.5 Å². The highest BCUT2D eigenvalue weighted by molar-refractivity contribution is 5.97. The molecule has 1 N–H and O–H groups in total. The number of imidazole rings is 1. The number of rotatable bonds is 4. The Morgan fingerprint density at radius 2 is 1.62 bits per heavy atom. The maximum atomic E-state index is 13.8. The Morgan fingerprint density at radius 1 is 0.969 bits per heavy atom. The monoisotopic (exact) mass is 430 g/mol. The number of aliphatic hydroxyl groups excluding tert-OH is 1. The molecule has 0 spiro atoms. The molecule has 0 bridgehead atoms. The lowest BCUT2D eigenvalue weighted by molar-refractivity contribution is 0.268. The normalized spacial score (nSPS) is 15.6.